The van der Waals surface area contributed by atoms with Crippen molar-refractivity contribution in [1.82, 2.24) is 5.06 Å². The van der Waals surface area contributed by atoms with Gasteiger partial charge in [-0.3, -0.25) is 0 Å². The fraction of sp³-hybridized carbons (Fsp3) is 0.350. The van der Waals surface area contributed by atoms with E-state index in [-0.39, 0.29) is 5.97 Å². The Bertz CT molecular complexity index is 621. The molecule has 1 aliphatic rings. The lowest BCUT2D eigenvalue weighted by molar-refractivity contribution is -0.896. The summed E-state index contributed by atoms with van der Waals surface area (Å²) in [5.41, 5.74) is 1.92. The molecule has 126 valence electrons. The molecule has 1 saturated heterocycles. The van der Waals surface area contributed by atoms with Crippen LogP contribution in [0.1, 0.15) is 17.0 Å². The number of likely N-dealkylation sites (N-methyl/N-ethyl adjacent to an activating group) is 1. The summed E-state index contributed by atoms with van der Waals surface area (Å²) >= 11 is 0. The van der Waals surface area contributed by atoms with Crippen LogP contribution < -0.4 is 0 Å². The monoisotopic (exact) mass is 325 g/mol. The number of carbonyl (C=O) groups is 1. The largest absolute Gasteiger partial charge is 0.366 e. The van der Waals surface area contributed by atoms with Crippen molar-refractivity contribution in [2.75, 3.05) is 40.3 Å². The molecule has 0 unspecified atom stereocenters. The van der Waals surface area contributed by atoms with Crippen molar-refractivity contribution < 1.29 is 14.1 Å². The van der Waals surface area contributed by atoms with Crippen LogP contribution in [-0.4, -0.2) is 55.8 Å². The molecule has 4 heteroatoms. The zero-order valence-corrected chi connectivity index (χ0v) is 14.4. The van der Waals surface area contributed by atoms with E-state index in [1.807, 2.05) is 65.7 Å². The molecule has 0 spiro atoms. The van der Waals surface area contributed by atoms with E-state index in [0.717, 1.165) is 41.8 Å². The van der Waals surface area contributed by atoms with E-state index in [9.17, 15) is 4.79 Å². The first-order valence-corrected chi connectivity index (χ1v) is 8.44. The highest BCUT2D eigenvalue weighted by molar-refractivity contribution is 5.82. The fourth-order valence-electron chi connectivity index (χ4n) is 3.01. The van der Waals surface area contributed by atoms with Crippen molar-refractivity contribution in [2.45, 2.75) is 5.92 Å². The van der Waals surface area contributed by atoms with Gasteiger partial charge in [0.1, 0.15) is 5.92 Å². The highest BCUT2D eigenvalue weighted by Crippen LogP contribution is 2.26. The van der Waals surface area contributed by atoms with E-state index in [1.54, 1.807) is 0 Å². The molecular weight excluding hydrogens is 300 g/mol. The molecule has 3 rings (SSSR count). The lowest BCUT2D eigenvalue weighted by atomic mass is 9.91. The van der Waals surface area contributed by atoms with E-state index in [0.29, 0.717) is 0 Å². The second kappa shape index (κ2) is 7.16. The summed E-state index contributed by atoms with van der Waals surface area (Å²) < 4.78 is 0.967. The number of benzene rings is 2. The maximum Gasteiger partial charge on any atom is 0.336 e. The van der Waals surface area contributed by atoms with Gasteiger partial charge in [0, 0.05) is 0 Å². The highest BCUT2D eigenvalue weighted by atomic mass is 16.7. The number of hydrogen-bond acceptors (Lipinski definition) is 3. The van der Waals surface area contributed by atoms with Crippen LogP contribution >= 0.6 is 0 Å². The number of quaternary nitrogens is 1. The predicted octanol–water partition coefficient (Wildman–Crippen LogP) is 2.67. The van der Waals surface area contributed by atoms with E-state index in [4.69, 9.17) is 4.84 Å². The van der Waals surface area contributed by atoms with Crippen LogP contribution in [-0.2, 0) is 9.63 Å². The van der Waals surface area contributed by atoms with Crippen molar-refractivity contribution in [3.63, 3.8) is 0 Å². The van der Waals surface area contributed by atoms with Crippen molar-refractivity contribution in [1.29, 1.82) is 0 Å². The van der Waals surface area contributed by atoms with Gasteiger partial charge in [-0.1, -0.05) is 60.7 Å². The van der Waals surface area contributed by atoms with Crippen LogP contribution in [0.4, 0.5) is 0 Å². The first kappa shape index (κ1) is 16.7. The lowest BCUT2D eigenvalue weighted by Gasteiger charge is -2.38. The van der Waals surface area contributed by atoms with Crippen LogP contribution in [0.5, 0.6) is 0 Å². The normalized spacial score (nSPS) is 17.6. The topological polar surface area (TPSA) is 29.5 Å². The summed E-state index contributed by atoms with van der Waals surface area (Å²) in [7, 11) is 4.41. The third kappa shape index (κ3) is 4.02. The average Bonchev–Trinajstić information content (AvgIpc) is 2.59. The Hall–Kier alpha value is -2.17. The molecule has 4 nitrogen and oxygen atoms in total. The van der Waals surface area contributed by atoms with Crippen LogP contribution in [0.3, 0.4) is 0 Å². The molecule has 0 radical (unpaired) electrons. The zero-order chi connectivity index (χ0) is 17.0. The number of piperazine rings is 1. The van der Waals surface area contributed by atoms with Gasteiger partial charge in [0.25, 0.3) is 0 Å². The molecule has 0 aliphatic carbocycles. The molecule has 1 fully saturated rings. The van der Waals surface area contributed by atoms with Gasteiger partial charge in [-0.25, -0.2) is 4.79 Å². The summed E-state index contributed by atoms with van der Waals surface area (Å²) in [4.78, 5) is 18.6. The van der Waals surface area contributed by atoms with Gasteiger partial charge in [-0.2, -0.15) is 0 Å². The van der Waals surface area contributed by atoms with Crippen LogP contribution in [0, 0.1) is 0 Å². The Balaban J connectivity index is 1.78. The van der Waals surface area contributed by atoms with E-state index < -0.39 is 5.92 Å². The molecule has 0 amide bonds. The number of rotatable bonds is 4. The maximum absolute atomic E-state index is 12.9. The van der Waals surface area contributed by atoms with Gasteiger partial charge in [0.15, 0.2) is 0 Å². The zero-order valence-electron chi connectivity index (χ0n) is 14.4. The van der Waals surface area contributed by atoms with Gasteiger partial charge in [-0.05, 0) is 11.1 Å². The quantitative estimate of drug-likeness (QED) is 0.810. The molecule has 0 atom stereocenters. The Morgan fingerprint density at radius 3 is 1.83 bits per heavy atom. The van der Waals surface area contributed by atoms with E-state index >= 15 is 0 Å². The van der Waals surface area contributed by atoms with Gasteiger partial charge in [0.2, 0.25) is 0 Å². The summed E-state index contributed by atoms with van der Waals surface area (Å²) in [6, 6.07) is 19.7. The fourth-order valence-corrected chi connectivity index (χ4v) is 3.01. The van der Waals surface area contributed by atoms with Crippen LogP contribution in [0.2, 0.25) is 0 Å². The number of hydroxylamine groups is 2. The molecule has 24 heavy (non-hydrogen) atoms. The maximum atomic E-state index is 12.9. The summed E-state index contributed by atoms with van der Waals surface area (Å²) in [6.45, 7) is 3.51. The summed E-state index contributed by atoms with van der Waals surface area (Å²) in [5.74, 6) is -0.601. The van der Waals surface area contributed by atoms with E-state index in [1.165, 1.54) is 0 Å². The molecule has 0 saturated carbocycles. The van der Waals surface area contributed by atoms with Crippen LogP contribution in [0.25, 0.3) is 0 Å². The van der Waals surface area contributed by atoms with Gasteiger partial charge < -0.3 is 9.32 Å². The number of carbonyl (C=O) groups excluding carboxylic acids is 1. The minimum Gasteiger partial charge on any atom is -0.366 e. The van der Waals surface area contributed by atoms with Gasteiger partial charge in [0.05, 0.1) is 40.3 Å². The Labute approximate surface area is 143 Å². The van der Waals surface area contributed by atoms with Gasteiger partial charge >= 0.3 is 5.97 Å². The minimum atomic E-state index is -0.392. The first-order chi connectivity index (χ1) is 11.6. The Morgan fingerprint density at radius 2 is 1.38 bits per heavy atom. The Morgan fingerprint density at radius 1 is 0.917 bits per heavy atom. The van der Waals surface area contributed by atoms with Crippen molar-refractivity contribution in [3.05, 3.63) is 71.8 Å². The average molecular weight is 325 g/mol. The standard InChI is InChI=1S/C20H25N2O2/c1-22(2)15-13-21(14-16-22)24-20(23)19(17-9-5-3-6-10-17)18-11-7-4-8-12-18/h3-12,19H,13-16H2,1-2H3/q+1. The molecule has 2 aromatic rings. The molecule has 2 aromatic carbocycles. The highest BCUT2D eigenvalue weighted by Gasteiger charge is 2.30. The summed E-state index contributed by atoms with van der Waals surface area (Å²) in [5, 5.41) is 1.81. The number of nitrogens with zero attached hydrogens (tertiary/aromatic N) is 2. The molecule has 0 bridgehead atoms. The van der Waals surface area contributed by atoms with Crippen molar-refractivity contribution in [2.24, 2.45) is 0 Å². The smallest absolute Gasteiger partial charge is 0.336 e. The van der Waals surface area contributed by atoms with Crippen molar-refractivity contribution in [3.8, 4) is 0 Å². The molecule has 1 aliphatic heterocycles. The van der Waals surface area contributed by atoms with Crippen molar-refractivity contribution >= 4 is 5.97 Å². The second-order valence-electron chi connectivity index (χ2n) is 6.98. The molecular formula is C20H25N2O2+. The Kier molecular flexibility index (Phi) is 4.97. The summed E-state index contributed by atoms with van der Waals surface area (Å²) in [6.07, 6.45) is 0. The molecule has 0 N–H and O–H groups in total. The molecule has 0 aromatic heterocycles. The second-order valence-corrected chi connectivity index (χ2v) is 6.98. The lowest BCUT2D eigenvalue weighted by Crippen LogP contribution is -2.55. The van der Waals surface area contributed by atoms with Gasteiger partial charge in [-0.15, -0.1) is 5.06 Å². The molecule has 1 heterocycles. The number of hydrogen-bond donors (Lipinski definition) is 0. The predicted molar refractivity (Wildman–Crippen MR) is 94.2 cm³/mol. The SMILES string of the molecule is C[N+]1(C)CCN(OC(=O)C(c2ccccc2)c2ccccc2)CC1. The first-order valence-electron chi connectivity index (χ1n) is 8.44. The van der Waals surface area contributed by atoms with Crippen LogP contribution in [0.15, 0.2) is 60.7 Å². The third-order valence-electron chi connectivity index (χ3n) is 4.63. The third-order valence-corrected chi connectivity index (χ3v) is 4.63. The van der Waals surface area contributed by atoms with E-state index in [2.05, 4.69) is 14.1 Å². The minimum absolute atomic E-state index is 0.209.